The molecule has 0 atom stereocenters. The van der Waals surface area contributed by atoms with Crippen molar-refractivity contribution in [3.05, 3.63) is 91.1 Å². The van der Waals surface area contributed by atoms with Gasteiger partial charge in [-0.15, -0.1) is 12.6 Å². The predicted octanol–water partition coefficient (Wildman–Crippen LogP) is 6.76. The fourth-order valence-electron chi connectivity index (χ4n) is 3.29. The first kappa shape index (κ1) is 29.0. The number of hydrogen-bond donors (Lipinski definition) is 1. The topological polar surface area (TPSA) is 88.1 Å². The molecule has 0 amide bonds. The van der Waals surface area contributed by atoms with E-state index in [0.29, 0.717) is 16.2 Å². The Balaban J connectivity index is 2.00. The summed E-state index contributed by atoms with van der Waals surface area (Å²) in [5.74, 6) is -1.10. The first-order valence-electron chi connectivity index (χ1n) is 11.7. The van der Waals surface area contributed by atoms with Crippen LogP contribution in [0, 0.1) is 0 Å². The van der Waals surface area contributed by atoms with Crippen LogP contribution in [0.15, 0.2) is 95.9 Å². The molecule has 0 aliphatic rings. The quantitative estimate of drug-likeness (QED) is 0.138. The van der Waals surface area contributed by atoms with E-state index >= 15 is 0 Å². The third kappa shape index (κ3) is 7.06. The molecule has 0 unspecified atom stereocenters. The van der Waals surface area contributed by atoms with Crippen molar-refractivity contribution in [3.8, 4) is 45.3 Å². The second-order valence-corrected chi connectivity index (χ2v) is 9.25. The number of benzene rings is 3. The minimum atomic E-state index is -0.663. The zero-order chi connectivity index (χ0) is 28.9. The summed E-state index contributed by atoms with van der Waals surface area (Å²) in [4.78, 5) is 37.0. The van der Waals surface area contributed by atoms with Crippen LogP contribution in [0.2, 0.25) is 0 Å². The number of methoxy groups -OCH3 is 1. The van der Waals surface area contributed by atoms with Crippen LogP contribution in [0.3, 0.4) is 0 Å². The van der Waals surface area contributed by atoms with Crippen LogP contribution in [-0.4, -0.2) is 25.0 Å². The fraction of sp³-hybridized carbons (Fsp3) is 0.129. The molecule has 8 heteroatoms. The number of rotatable bonds is 9. The van der Waals surface area contributed by atoms with Crippen LogP contribution in [0.25, 0.3) is 22.3 Å². The summed E-state index contributed by atoms with van der Waals surface area (Å²) in [5, 5.41) is 0. The van der Waals surface area contributed by atoms with Crippen molar-refractivity contribution in [1.82, 2.24) is 0 Å². The summed E-state index contributed by atoms with van der Waals surface area (Å²) in [6, 6.07) is 15.6. The van der Waals surface area contributed by atoms with E-state index in [9.17, 15) is 14.4 Å². The molecule has 3 rings (SSSR count). The normalized spacial score (nSPS) is 10.3. The molecular formula is C31H28O7S. The molecule has 3 aromatic carbocycles. The Morgan fingerprint density at radius 2 is 1.00 bits per heavy atom. The molecular weight excluding hydrogens is 516 g/mol. The van der Waals surface area contributed by atoms with Gasteiger partial charge in [-0.25, -0.2) is 14.4 Å². The van der Waals surface area contributed by atoms with E-state index in [1.165, 1.54) is 27.0 Å². The molecule has 0 bridgehead atoms. The highest BCUT2D eigenvalue weighted by molar-refractivity contribution is 7.80. The van der Waals surface area contributed by atoms with Gasteiger partial charge in [0.15, 0.2) is 23.0 Å². The summed E-state index contributed by atoms with van der Waals surface area (Å²) in [6.45, 7) is 15.4. The van der Waals surface area contributed by atoms with Crippen LogP contribution in [-0.2, 0) is 14.4 Å². The summed E-state index contributed by atoms with van der Waals surface area (Å²) in [6.07, 6.45) is 0. The SMILES string of the molecule is C=C(C)C(=O)Oc1cc(-c2ccc(-c3ccc(OC(=O)C(=C)C)c(OC(=O)C(=C)C)c3)c(S)c2)ccc1OC. The lowest BCUT2D eigenvalue weighted by Gasteiger charge is -2.14. The molecule has 0 radical (unpaired) electrons. The van der Waals surface area contributed by atoms with E-state index in [2.05, 4.69) is 32.4 Å². The first-order chi connectivity index (χ1) is 18.4. The first-order valence-corrected chi connectivity index (χ1v) is 12.1. The molecule has 0 aliphatic carbocycles. The molecule has 0 fully saturated rings. The van der Waals surface area contributed by atoms with Gasteiger partial charge in [-0.1, -0.05) is 44.0 Å². The standard InChI is InChI=1S/C31H28O7S/c1-17(2)29(32)36-25-13-10-22(15-27(25)38-31(34)19(5)6)23-11-8-21(16-28(23)39)20-9-12-24(35-7)26(14-20)37-30(33)18(3)4/h8-16,39H,1,3,5H2,2,4,6-7H3. The Morgan fingerprint density at radius 3 is 1.51 bits per heavy atom. The van der Waals surface area contributed by atoms with Crippen molar-refractivity contribution in [1.29, 1.82) is 0 Å². The van der Waals surface area contributed by atoms with Gasteiger partial charge in [0.2, 0.25) is 0 Å². The van der Waals surface area contributed by atoms with Crippen molar-refractivity contribution in [2.24, 2.45) is 0 Å². The molecule has 0 aliphatic heterocycles. The van der Waals surface area contributed by atoms with Crippen molar-refractivity contribution in [2.75, 3.05) is 7.11 Å². The molecule has 7 nitrogen and oxygen atoms in total. The predicted molar refractivity (Wildman–Crippen MR) is 152 cm³/mol. The highest BCUT2D eigenvalue weighted by Crippen LogP contribution is 2.39. The van der Waals surface area contributed by atoms with Crippen molar-refractivity contribution < 1.29 is 33.3 Å². The zero-order valence-corrected chi connectivity index (χ0v) is 23.0. The van der Waals surface area contributed by atoms with Crippen molar-refractivity contribution >= 4 is 30.5 Å². The van der Waals surface area contributed by atoms with Crippen LogP contribution < -0.4 is 18.9 Å². The van der Waals surface area contributed by atoms with E-state index < -0.39 is 17.9 Å². The third-order valence-electron chi connectivity index (χ3n) is 5.40. The van der Waals surface area contributed by atoms with Crippen molar-refractivity contribution in [2.45, 2.75) is 25.7 Å². The lowest BCUT2D eigenvalue weighted by atomic mass is 9.99. The number of ether oxygens (including phenoxy) is 4. The molecule has 0 aromatic heterocycles. The summed E-state index contributed by atoms with van der Waals surface area (Å²) in [7, 11) is 1.49. The summed E-state index contributed by atoms with van der Waals surface area (Å²) < 4.78 is 21.5. The molecule has 0 saturated carbocycles. The maximum Gasteiger partial charge on any atom is 0.338 e. The van der Waals surface area contributed by atoms with Crippen LogP contribution in [0.4, 0.5) is 0 Å². The van der Waals surface area contributed by atoms with E-state index in [1.54, 1.807) is 31.2 Å². The molecule has 0 heterocycles. The highest BCUT2D eigenvalue weighted by atomic mass is 32.1. The Bertz CT molecular complexity index is 1520. The molecule has 200 valence electrons. The van der Waals surface area contributed by atoms with Gasteiger partial charge in [-0.3, -0.25) is 0 Å². The molecule has 0 saturated heterocycles. The second kappa shape index (κ2) is 12.3. The zero-order valence-electron chi connectivity index (χ0n) is 22.1. The summed E-state index contributed by atoms with van der Waals surface area (Å²) in [5.41, 5.74) is 3.61. The van der Waals surface area contributed by atoms with Crippen LogP contribution in [0.5, 0.6) is 23.0 Å². The van der Waals surface area contributed by atoms with Gasteiger partial charge in [0.1, 0.15) is 0 Å². The molecule has 0 N–H and O–H groups in total. The average molecular weight is 545 g/mol. The van der Waals surface area contributed by atoms with E-state index in [1.807, 2.05) is 24.3 Å². The minimum absolute atomic E-state index is 0.0473. The number of hydrogen-bond acceptors (Lipinski definition) is 8. The number of carbonyl (C=O) groups is 3. The van der Waals surface area contributed by atoms with Gasteiger partial charge in [0.25, 0.3) is 0 Å². The largest absolute Gasteiger partial charge is 0.493 e. The Hall–Kier alpha value is -4.56. The smallest absolute Gasteiger partial charge is 0.338 e. The number of thiol groups is 1. The monoisotopic (exact) mass is 544 g/mol. The number of carbonyl (C=O) groups excluding carboxylic acids is 3. The van der Waals surface area contributed by atoms with Gasteiger partial charge < -0.3 is 18.9 Å². The van der Waals surface area contributed by atoms with Gasteiger partial charge in [-0.2, -0.15) is 0 Å². The maximum absolute atomic E-state index is 12.2. The number of esters is 3. The van der Waals surface area contributed by atoms with Gasteiger partial charge in [-0.05, 0) is 73.4 Å². The molecule has 39 heavy (non-hydrogen) atoms. The Labute approximate surface area is 232 Å². The Kier molecular flexibility index (Phi) is 9.16. The lowest BCUT2D eigenvalue weighted by molar-refractivity contribution is -0.132. The molecule has 3 aromatic rings. The second-order valence-electron chi connectivity index (χ2n) is 8.77. The third-order valence-corrected chi connectivity index (χ3v) is 5.77. The lowest BCUT2D eigenvalue weighted by Crippen LogP contribution is -2.12. The fourth-order valence-corrected chi connectivity index (χ4v) is 3.63. The average Bonchev–Trinajstić information content (AvgIpc) is 2.89. The van der Waals surface area contributed by atoms with E-state index in [-0.39, 0.29) is 34.0 Å². The molecule has 0 spiro atoms. The van der Waals surface area contributed by atoms with Gasteiger partial charge in [0, 0.05) is 21.6 Å². The summed E-state index contributed by atoms with van der Waals surface area (Å²) >= 11 is 4.68. The Morgan fingerprint density at radius 1 is 0.590 bits per heavy atom. The van der Waals surface area contributed by atoms with E-state index in [0.717, 1.165) is 16.7 Å². The van der Waals surface area contributed by atoms with Gasteiger partial charge in [0.05, 0.1) is 7.11 Å². The van der Waals surface area contributed by atoms with Gasteiger partial charge >= 0.3 is 17.9 Å². The maximum atomic E-state index is 12.2. The van der Waals surface area contributed by atoms with Crippen LogP contribution in [0.1, 0.15) is 20.8 Å². The highest BCUT2D eigenvalue weighted by Gasteiger charge is 2.18. The van der Waals surface area contributed by atoms with Crippen molar-refractivity contribution in [3.63, 3.8) is 0 Å². The minimum Gasteiger partial charge on any atom is -0.493 e. The van der Waals surface area contributed by atoms with Crippen LogP contribution >= 0.6 is 12.6 Å². The van der Waals surface area contributed by atoms with E-state index in [4.69, 9.17) is 18.9 Å².